The first-order chi connectivity index (χ1) is 13.2. The third-order valence-electron chi connectivity index (χ3n) is 6.14. The van der Waals surface area contributed by atoms with Crippen molar-refractivity contribution in [2.45, 2.75) is 83.8 Å². The van der Waals surface area contributed by atoms with Crippen LogP contribution >= 0.6 is 0 Å². The Kier molecular flexibility index (Phi) is 7.57. The molecule has 1 fully saturated rings. The van der Waals surface area contributed by atoms with Crippen LogP contribution in [0, 0.1) is 0 Å². The summed E-state index contributed by atoms with van der Waals surface area (Å²) in [6.07, 6.45) is 10.6. The van der Waals surface area contributed by atoms with Crippen molar-refractivity contribution < 1.29 is 9.53 Å². The number of amides is 1. The van der Waals surface area contributed by atoms with Crippen LogP contribution in [-0.4, -0.2) is 42.6 Å². The zero-order valence-electron chi connectivity index (χ0n) is 17.1. The zero-order valence-corrected chi connectivity index (χ0v) is 17.1. The number of piperidine rings is 1. The lowest BCUT2D eigenvalue weighted by Crippen LogP contribution is -2.41. The first-order valence-electron chi connectivity index (χ1n) is 11.0. The maximum absolute atomic E-state index is 12.4. The zero-order chi connectivity index (χ0) is 19.1. The Morgan fingerprint density at radius 1 is 1.22 bits per heavy atom. The van der Waals surface area contributed by atoms with Crippen molar-refractivity contribution in [3.8, 4) is 5.75 Å². The van der Waals surface area contributed by atoms with Gasteiger partial charge in [0.2, 0.25) is 0 Å². The molecule has 27 heavy (non-hydrogen) atoms. The maximum atomic E-state index is 12.4. The number of ether oxygens (including phenoxy) is 1. The van der Waals surface area contributed by atoms with Gasteiger partial charge in [0.25, 0.3) is 5.91 Å². The summed E-state index contributed by atoms with van der Waals surface area (Å²) in [5, 5.41) is 3.05. The van der Waals surface area contributed by atoms with Gasteiger partial charge in [0.1, 0.15) is 5.75 Å². The number of hydrogen-bond acceptors (Lipinski definition) is 3. The molecule has 150 valence electrons. The van der Waals surface area contributed by atoms with Crippen molar-refractivity contribution in [1.29, 1.82) is 0 Å². The molecule has 1 aromatic rings. The largest absolute Gasteiger partial charge is 0.481 e. The number of hydrogen-bond donors (Lipinski definition) is 1. The van der Waals surface area contributed by atoms with Crippen molar-refractivity contribution in [1.82, 2.24) is 10.2 Å². The predicted octanol–water partition coefficient (Wildman–Crippen LogP) is 4.10. The highest BCUT2D eigenvalue weighted by atomic mass is 16.5. The highest BCUT2D eigenvalue weighted by Crippen LogP contribution is 2.26. The molecule has 2 aliphatic rings. The molecule has 1 aromatic carbocycles. The first-order valence-corrected chi connectivity index (χ1v) is 11.0. The molecule has 3 rings (SSSR count). The summed E-state index contributed by atoms with van der Waals surface area (Å²) in [5.74, 6) is 0.802. The van der Waals surface area contributed by atoms with Gasteiger partial charge in [-0.1, -0.05) is 19.4 Å². The lowest BCUT2D eigenvalue weighted by Gasteiger charge is -2.35. The number of nitrogens with zero attached hydrogens (tertiary/aromatic N) is 1. The minimum Gasteiger partial charge on any atom is -0.481 e. The molecule has 1 aliphatic carbocycles. The predicted molar refractivity (Wildman–Crippen MR) is 110 cm³/mol. The molecule has 0 bridgehead atoms. The topological polar surface area (TPSA) is 41.6 Å². The number of nitrogens with one attached hydrogen (secondary N) is 1. The Morgan fingerprint density at radius 3 is 2.85 bits per heavy atom. The van der Waals surface area contributed by atoms with E-state index < -0.39 is 6.10 Å². The number of likely N-dealkylation sites (tertiary alicyclic amines) is 1. The van der Waals surface area contributed by atoms with Crippen molar-refractivity contribution in [2.24, 2.45) is 0 Å². The molecular formula is C23H36N2O2. The standard InChI is InChI=1S/C23H36N2O2/c1-3-21-11-6-7-15-25(21)16-8-14-24-23(26)18(2)27-22-13-12-19-9-4-5-10-20(19)17-22/h12-13,17-18,21H,3-11,14-16H2,1-2H3,(H,24,26)/t18-,21-/m0/s1. The maximum Gasteiger partial charge on any atom is 0.260 e. The third kappa shape index (κ3) is 5.71. The lowest BCUT2D eigenvalue weighted by molar-refractivity contribution is -0.127. The number of aryl methyl sites for hydroxylation is 2. The van der Waals surface area contributed by atoms with Gasteiger partial charge in [0, 0.05) is 19.1 Å². The molecule has 0 saturated carbocycles. The van der Waals surface area contributed by atoms with Crippen LogP contribution in [0.25, 0.3) is 0 Å². The average molecular weight is 373 g/mol. The van der Waals surface area contributed by atoms with Gasteiger partial charge in [-0.3, -0.25) is 4.79 Å². The van der Waals surface area contributed by atoms with Gasteiger partial charge in [-0.25, -0.2) is 0 Å². The summed E-state index contributed by atoms with van der Waals surface area (Å²) in [7, 11) is 0. The molecule has 2 atom stereocenters. The van der Waals surface area contributed by atoms with Crippen LogP contribution in [0.15, 0.2) is 18.2 Å². The van der Waals surface area contributed by atoms with E-state index in [1.54, 1.807) is 0 Å². The van der Waals surface area contributed by atoms with E-state index in [4.69, 9.17) is 4.74 Å². The van der Waals surface area contributed by atoms with Gasteiger partial charge in [0.05, 0.1) is 0 Å². The molecule has 1 aliphatic heterocycles. The van der Waals surface area contributed by atoms with Gasteiger partial charge in [0.15, 0.2) is 6.10 Å². The van der Waals surface area contributed by atoms with Crippen LogP contribution in [-0.2, 0) is 17.6 Å². The van der Waals surface area contributed by atoms with E-state index in [-0.39, 0.29) is 5.91 Å². The minimum atomic E-state index is -0.454. The summed E-state index contributed by atoms with van der Waals surface area (Å²) in [6.45, 7) is 7.14. The summed E-state index contributed by atoms with van der Waals surface area (Å²) < 4.78 is 5.90. The van der Waals surface area contributed by atoms with E-state index in [1.807, 2.05) is 13.0 Å². The molecular weight excluding hydrogens is 336 g/mol. The molecule has 0 radical (unpaired) electrons. The Morgan fingerprint density at radius 2 is 2.04 bits per heavy atom. The van der Waals surface area contributed by atoms with Crippen molar-refractivity contribution in [2.75, 3.05) is 19.6 Å². The Labute approximate surface area is 164 Å². The Balaban J connectivity index is 1.39. The fraction of sp³-hybridized carbons (Fsp3) is 0.696. The first kappa shape index (κ1) is 20.2. The summed E-state index contributed by atoms with van der Waals surface area (Å²) in [5.41, 5.74) is 2.83. The molecule has 1 N–H and O–H groups in total. The van der Waals surface area contributed by atoms with E-state index >= 15 is 0 Å². The monoisotopic (exact) mass is 372 g/mol. The second kappa shape index (κ2) is 10.1. The molecule has 0 spiro atoms. The van der Waals surface area contributed by atoms with Crippen LogP contribution in [0.1, 0.15) is 69.9 Å². The number of carbonyl (C=O) groups is 1. The van der Waals surface area contributed by atoms with E-state index in [9.17, 15) is 4.79 Å². The Hall–Kier alpha value is -1.55. The molecule has 0 unspecified atom stereocenters. The third-order valence-corrected chi connectivity index (χ3v) is 6.14. The average Bonchev–Trinajstić information content (AvgIpc) is 2.71. The van der Waals surface area contributed by atoms with Crippen molar-refractivity contribution in [3.63, 3.8) is 0 Å². The van der Waals surface area contributed by atoms with Gasteiger partial charge in [-0.15, -0.1) is 0 Å². The molecule has 1 amide bonds. The molecule has 0 aromatic heterocycles. The second-order valence-electron chi connectivity index (χ2n) is 8.14. The molecule has 1 saturated heterocycles. The summed E-state index contributed by atoms with van der Waals surface area (Å²) in [4.78, 5) is 15.0. The normalized spacial score (nSPS) is 21.3. The smallest absolute Gasteiger partial charge is 0.260 e. The second-order valence-corrected chi connectivity index (χ2v) is 8.14. The van der Waals surface area contributed by atoms with Crippen LogP contribution in [0.2, 0.25) is 0 Å². The highest BCUT2D eigenvalue weighted by Gasteiger charge is 2.20. The fourth-order valence-corrected chi connectivity index (χ4v) is 4.49. The minimum absolute atomic E-state index is 0.0154. The van der Waals surface area contributed by atoms with Crippen LogP contribution in [0.5, 0.6) is 5.75 Å². The van der Waals surface area contributed by atoms with Crippen LogP contribution in [0.3, 0.4) is 0 Å². The number of rotatable bonds is 8. The quantitative estimate of drug-likeness (QED) is 0.699. The van der Waals surface area contributed by atoms with Gasteiger partial charge >= 0.3 is 0 Å². The van der Waals surface area contributed by atoms with E-state index in [0.717, 1.165) is 37.7 Å². The van der Waals surface area contributed by atoms with Gasteiger partial charge < -0.3 is 15.0 Å². The summed E-state index contributed by atoms with van der Waals surface area (Å²) in [6, 6.07) is 7.03. The highest BCUT2D eigenvalue weighted by molar-refractivity contribution is 5.80. The SMILES string of the molecule is CC[C@H]1CCCCN1CCCNC(=O)[C@H](C)Oc1ccc2c(c1)CCCC2. The van der Waals surface area contributed by atoms with Gasteiger partial charge in [-0.05, 0) is 88.1 Å². The fourth-order valence-electron chi connectivity index (χ4n) is 4.49. The van der Waals surface area contributed by atoms with Crippen LogP contribution < -0.4 is 10.1 Å². The number of carbonyl (C=O) groups excluding carboxylic acids is 1. The lowest BCUT2D eigenvalue weighted by atomic mass is 9.92. The Bertz CT molecular complexity index is 616. The summed E-state index contributed by atoms with van der Waals surface area (Å²) >= 11 is 0. The van der Waals surface area contributed by atoms with E-state index in [1.165, 1.54) is 62.6 Å². The van der Waals surface area contributed by atoms with Crippen LogP contribution in [0.4, 0.5) is 0 Å². The van der Waals surface area contributed by atoms with E-state index in [0.29, 0.717) is 0 Å². The van der Waals surface area contributed by atoms with Gasteiger partial charge in [-0.2, -0.15) is 0 Å². The molecule has 1 heterocycles. The molecule has 4 heteroatoms. The number of benzene rings is 1. The number of fused-ring (bicyclic) bond motifs is 1. The van der Waals surface area contributed by atoms with Crippen molar-refractivity contribution in [3.05, 3.63) is 29.3 Å². The van der Waals surface area contributed by atoms with E-state index in [2.05, 4.69) is 29.3 Å². The van der Waals surface area contributed by atoms with Crippen molar-refractivity contribution >= 4 is 5.91 Å². The molecule has 4 nitrogen and oxygen atoms in total.